The van der Waals surface area contributed by atoms with E-state index < -0.39 is 11.1 Å². The summed E-state index contributed by atoms with van der Waals surface area (Å²) in [5, 5.41) is 3.18. The molecule has 27 heavy (non-hydrogen) atoms. The number of thiophene rings is 1. The van der Waals surface area contributed by atoms with Crippen molar-refractivity contribution in [3.05, 3.63) is 50.9 Å². The van der Waals surface area contributed by atoms with Crippen LogP contribution in [0.15, 0.2) is 34.2 Å². The van der Waals surface area contributed by atoms with E-state index in [-0.39, 0.29) is 17.2 Å². The summed E-state index contributed by atoms with van der Waals surface area (Å²) in [5.74, 6) is -0.835. The van der Waals surface area contributed by atoms with Crippen molar-refractivity contribution in [3.8, 4) is 0 Å². The van der Waals surface area contributed by atoms with E-state index in [1.807, 2.05) is 20.8 Å². The number of carbonyl (C=O) groups excluding carboxylic acids is 1. The van der Waals surface area contributed by atoms with Crippen LogP contribution in [-0.2, 0) is 11.3 Å². The van der Waals surface area contributed by atoms with E-state index in [4.69, 9.17) is 0 Å². The van der Waals surface area contributed by atoms with E-state index in [1.165, 1.54) is 35.2 Å². The van der Waals surface area contributed by atoms with Crippen molar-refractivity contribution < 1.29 is 9.18 Å². The van der Waals surface area contributed by atoms with Crippen LogP contribution in [0.2, 0.25) is 0 Å². The number of rotatable bonds is 5. The van der Waals surface area contributed by atoms with Gasteiger partial charge in [-0.15, -0.1) is 11.3 Å². The molecule has 0 aliphatic heterocycles. The molecule has 1 N–H and O–H groups in total. The fraction of sp³-hybridized carbons (Fsp3) is 0.316. The number of thioether (sulfide) groups is 1. The average Bonchev–Trinajstić information content (AvgIpc) is 2.91. The third-order valence-electron chi connectivity index (χ3n) is 4.35. The van der Waals surface area contributed by atoms with Crippen LogP contribution in [0.4, 0.5) is 10.1 Å². The Kier molecular flexibility index (Phi) is 5.67. The fourth-order valence-electron chi connectivity index (χ4n) is 2.69. The van der Waals surface area contributed by atoms with Crippen molar-refractivity contribution in [2.75, 3.05) is 5.32 Å². The molecule has 5 nitrogen and oxygen atoms in total. The Morgan fingerprint density at radius 1 is 1.37 bits per heavy atom. The van der Waals surface area contributed by atoms with Gasteiger partial charge in [-0.3, -0.25) is 14.2 Å². The molecule has 0 aliphatic carbocycles. The van der Waals surface area contributed by atoms with E-state index in [0.29, 0.717) is 21.9 Å². The number of aryl methyl sites for hydroxylation is 2. The van der Waals surface area contributed by atoms with Crippen LogP contribution < -0.4 is 10.9 Å². The third-order valence-corrected chi connectivity index (χ3v) is 6.54. The van der Waals surface area contributed by atoms with Crippen molar-refractivity contribution in [1.82, 2.24) is 9.55 Å². The number of nitrogens with zero attached hydrogens (tertiary/aromatic N) is 2. The number of hydrogen-bond acceptors (Lipinski definition) is 5. The summed E-state index contributed by atoms with van der Waals surface area (Å²) < 4.78 is 15.3. The molecule has 8 heteroatoms. The van der Waals surface area contributed by atoms with Gasteiger partial charge in [0.2, 0.25) is 5.91 Å². The molecule has 2 aromatic heterocycles. The summed E-state index contributed by atoms with van der Waals surface area (Å²) in [4.78, 5) is 31.7. The number of nitrogens with one attached hydrogen (secondary N) is 1. The quantitative estimate of drug-likeness (QED) is 0.506. The van der Waals surface area contributed by atoms with Crippen LogP contribution in [0.25, 0.3) is 10.2 Å². The molecule has 0 saturated carbocycles. The zero-order valence-electron chi connectivity index (χ0n) is 15.5. The van der Waals surface area contributed by atoms with E-state index in [0.717, 1.165) is 10.4 Å². The minimum absolute atomic E-state index is 0.0893. The molecule has 0 bridgehead atoms. The summed E-state index contributed by atoms with van der Waals surface area (Å²) in [6, 6.07) is 6.02. The van der Waals surface area contributed by atoms with E-state index in [2.05, 4.69) is 10.3 Å². The SMILES string of the molecule is CCn1c(S[C@H](C)C(=O)Nc2ccccc2F)nc2sc(C)c(C)c2c1=O. The molecule has 0 fully saturated rings. The first-order chi connectivity index (χ1) is 12.8. The maximum Gasteiger partial charge on any atom is 0.263 e. The molecule has 3 rings (SSSR count). The zero-order valence-corrected chi connectivity index (χ0v) is 17.1. The van der Waals surface area contributed by atoms with Gasteiger partial charge in [-0.2, -0.15) is 0 Å². The lowest BCUT2D eigenvalue weighted by Gasteiger charge is -2.15. The number of amides is 1. The van der Waals surface area contributed by atoms with Gasteiger partial charge in [0.25, 0.3) is 5.56 Å². The van der Waals surface area contributed by atoms with Gasteiger partial charge in [-0.05, 0) is 45.4 Å². The second-order valence-corrected chi connectivity index (χ2v) is 8.65. The molecule has 0 spiro atoms. The van der Waals surface area contributed by atoms with Gasteiger partial charge < -0.3 is 5.32 Å². The van der Waals surface area contributed by atoms with Crippen LogP contribution in [0.1, 0.15) is 24.3 Å². The Bertz CT molecular complexity index is 1070. The topological polar surface area (TPSA) is 64.0 Å². The highest BCUT2D eigenvalue weighted by atomic mass is 32.2. The summed E-state index contributed by atoms with van der Waals surface area (Å²) >= 11 is 2.67. The van der Waals surface area contributed by atoms with Gasteiger partial charge in [0.05, 0.1) is 16.3 Å². The highest BCUT2D eigenvalue weighted by Crippen LogP contribution is 2.30. The van der Waals surface area contributed by atoms with Crippen LogP contribution >= 0.6 is 23.1 Å². The number of anilines is 1. The number of hydrogen-bond donors (Lipinski definition) is 1. The molecule has 0 unspecified atom stereocenters. The largest absolute Gasteiger partial charge is 0.323 e. The van der Waals surface area contributed by atoms with E-state index in [1.54, 1.807) is 23.6 Å². The number of carbonyl (C=O) groups is 1. The van der Waals surface area contributed by atoms with Gasteiger partial charge in [-0.25, -0.2) is 9.37 Å². The number of fused-ring (bicyclic) bond motifs is 1. The van der Waals surface area contributed by atoms with Gasteiger partial charge in [0, 0.05) is 11.4 Å². The Balaban J connectivity index is 1.90. The molecule has 0 radical (unpaired) electrons. The van der Waals surface area contributed by atoms with Crippen molar-refractivity contribution in [2.45, 2.75) is 44.6 Å². The first kappa shape index (κ1) is 19.6. The smallest absolute Gasteiger partial charge is 0.263 e. The average molecular weight is 406 g/mol. The minimum Gasteiger partial charge on any atom is -0.323 e. The Morgan fingerprint density at radius 2 is 2.07 bits per heavy atom. The van der Waals surface area contributed by atoms with Gasteiger partial charge in [-0.1, -0.05) is 23.9 Å². The molecular weight excluding hydrogens is 385 g/mol. The second kappa shape index (κ2) is 7.82. The lowest BCUT2D eigenvalue weighted by Crippen LogP contribution is -2.26. The predicted octanol–water partition coefficient (Wildman–Crippen LogP) is 4.35. The molecule has 1 atom stereocenters. The number of aromatic nitrogens is 2. The van der Waals surface area contributed by atoms with Crippen molar-refractivity contribution in [1.29, 1.82) is 0 Å². The molecule has 3 aromatic rings. The molecule has 0 saturated heterocycles. The third kappa shape index (κ3) is 3.77. The number of halogens is 1. The maximum absolute atomic E-state index is 13.7. The molecule has 0 aliphatic rings. The Labute approximate surface area is 164 Å². The van der Waals surface area contributed by atoms with Gasteiger partial charge >= 0.3 is 0 Å². The molecule has 1 aromatic carbocycles. The second-order valence-electron chi connectivity index (χ2n) is 6.14. The fourth-order valence-corrected chi connectivity index (χ4v) is 4.73. The summed E-state index contributed by atoms with van der Waals surface area (Å²) in [6.45, 7) is 7.93. The van der Waals surface area contributed by atoms with Crippen LogP contribution in [0.5, 0.6) is 0 Å². The Morgan fingerprint density at radius 3 is 2.74 bits per heavy atom. The summed E-state index contributed by atoms with van der Waals surface area (Å²) in [5.41, 5.74) is 1.00. The summed E-state index contributed by atoms with van der Waals surface area (Å²) in [7, 11) is 0. The van der Waals surface area contributed by atoms with Crippen molar-refractivity contribution >= 4 is 44.9 Å². The lowest BCUT2D eigenvalue weighted by molar-refractivity contribution is -0.115. The first-order valence-electron chi connectivity index (χ1n) is 8.56. The first-order valence-corrected chi connectivity index (χ1v) is 10.3. The maximum atomic E-state index is 13.7. The van der Waals surface area contributed by atoms with Crippen LogP contribution in [0.3, 0.4) is 0 Å². The monoisotopic (exact) mass is 405 g/mol. The normalized spacial score (nSPS) is 12.3. The zero-order chi connectivity index (χ0) is 19.7. The van der Waals surface area contributed by atoms with Crippen molar-refractivity contribution in [2.24, 2.45) is 0 Å². The predicted molar refractivity (Wildman–Crippen MR) is 109 cm³/mol. The number of benzene rings is 1. The molecular formula is C19H20FN3O2S2. The Hall–Kier alpha value is -2.19. The minimum atomic E-state index is -0.547. The van der Waals surface area contributed by atoms with Gasteiger partial charge in [0.1, 0.15) is 10.6 Å². The molecule has 142 valence electrons. The standard InChI is InChI=1S/C19H20FN3O2S2/c1-5-23-18(25)15-10(2)11(3)26-17(15)22-19(23)27-12(4)16(24)21-14-9-7-6-8-13(14)20/h6-9,12H,5H2,1-4H3,(H,21,24)/t12-/m1/s1. The summed E-state index contributed by atoms with van der Waals surface area (Å²) in [6.07, 6.45) is 0. The molecule has 2 heterocycles. The molecule has 1 amide bonds. The van der Waals surface area contributed by atoms with Crippen LogP contribution in [-0.4, -0.2) is 20.7 Å². The van der Waals surface area contributed by atoms with Gasteiger partial charge in [0.15, 0.2) is 5.16 Å². The van der Waals surface area contributed by atoms with Crippen molar-refractivity contribution in [3.63, 3.8) is 0 Å². The highest BCUT2D eigenvalue weighted by molar-refractivity contribution is 8.00. The number of para-hydroxylation sites is 1. The highest BCUT2D eigenvalue weighted by Gasteiger charge is 2.21. The van der Waals surface area contributed by atoms with E-state index >= 15 is 0 Å². The van der Waals surface area contributed by atoms with E-state index in [9.17, 15) is 14.0 Å². The van der Waals surface area contributed by atoms with Crippen LogP contribution in [0, 0.1) is 19.7 Å². The lowest BCUT2D eigenvalue weighted by atomic mass is 10.2.